The monoisotopic (exact) mass is 786 g/mol. The van der Waals surface area contributed by atoms with Crippen LogP contribution < -0.4 is 15.4 Å². The molecule has 0 radical (unpaired) electrons. The Morgan fingerprint density at radius 3 is 2.47 bits per heavy atom. The van der Waals surface area contributed by atoms with E-state index in [2.05, 4.69) is 15.6 Å². The summed E-state index contributed by atoms with van der Waals surface area (Å²) in [6, 6.07) is 11.5. The number of ether oxygens (including phenoxy) is 4. The van der Waals surface area contributed by atoms with E-state index in [9.17, 15) is 31.5 Å². The van der Waals surface area contributed by atoms with Crippen molar-refractivity contribution in [2.24, 2.45) is 17.8 Å². The summed E-state index contributed by atoms with van der Waals surface area (Å²) in [5, 5.41) is 18.6. The minimum atomic E-state index is -4.32. The van der Waals surface area contributed by atoms with Crippen LogP contribution in [0.5, 0.6) is 5.75 Å². The van der Waals surface area contributed by atoms with Crippen molar-refractivity contribution in [2.45, 2.75) is 88.6 Å². The van der Waals surface area contributed by atoms with Gasteiger partial charge in [-0.25, -0.2) is 13.4 Å². The maximum absolute atomic E-state index is 14.2. The molecule has 0 amide bonds. The lowest BCUT2D eigenvalue weighted by molar-refractivity contribution is -0.153. The molecule has 5 rings (SSSR count). The standard InChI is InChI=1S/C36H49F3N4O8S2/c1-21(2)17-43(53(46,47)26-10-11-27-31(16-26)52-35(42-27)41-22(3)4)18-29(44)24(14-23-6-8-25(48-5)9-7-23)15-32(45)51-30-20-50-34-33(30)28(19-49-34)40-13-12-36(37,38)39/h6-11,16,21-22,24,28-30,33-34,40,44H,12-15,17-20H2,1-5H3,(H,41,42)/t24-,28+,29-,30+,33+,34-/m1/s1. The Kier molecular flexibility index (Phi) is 13.7. The molecule has 0 spiro atoms. The average molecular weight is 787 g/mol. The van der Waals surface area contributed by atoms with Gasteiger partial charge in [0.2, 0.25) is 10.0 Å². The number of thiazole rings is 1. The number of nitrogens with one attached hydrogen (secondary N) is 2. The number of carbonyl (C=O) groups is 1. The molecule has 0 unspecified atom stereocenters. The Hall–Kier alpha value is -3.06. The number of nitrogens with zero attached hydrogens (tertiary/aromatic N) is 2. The minimum Gasteiger partial charge on any atom is -0.497 e. The maximum Gasteiger partial charge on any atom is 0.390 e. The van der Waals surface area contributed by atoms with E-state index in [-0.39, 0.29) is 62.5 Å². The first-order chi connectivity index (χ1) is 25.0. The predicted octanol–water partition coefficient (Wildman–Crippen LogP) is 5.21. The van der Waals surface area contributed by atoms with E-state index < -0.39 is 65.0 Å². The molecular formula is C36H49F3N4O8S2. The topological polar surface area (TPSA) is 149 Å². The first kappa shape index (κ1) is 41.1. The van der Waals surface area contributed by atoms with E-state index in [4.69, 9.17) is 18.9 Å². The van der Waals surface area contributed by atoms with Crippen LogP contribution in [0.25, 0.3) is 10.2 Å². The molecule has 2 fully saturated rings. The Labute approximate surface area is 312 Å². The average Bonchev–Trinajstić information content (AvgIpc) is 3.79. The molecule has 3 aromatic rings. The van der Waals surface area contributed by atoms with Crippen LogP contribution in [-0.4, -0.2) is 105 Å². The maximum atomic E-state index is 14.2. The van der Waals surface area contributed by atoms with Crippen LogP contribution in [0.2, 0.25) is 0 Å². The number of rotatable bonds is 18. The van der Waals surface area contributed by atoms with Gasteiger partial charge in [-0.15, -0.1) is 0 Å². The van der Waals surface area contributed by atoms with Gasteiger partial charge in [0.15, 0.2) is 11.4 Å². The quantitative estimate of drug-likeness (QED) is 0.146. The molecule has 2 aromatic carbocycles. The Bertz CT molecular complexity index is 1770. The van der Waals surface area contributed by atoms with Crippen LogP contribution in [0.15, 0.2) is 47.4 Å². The number of hydrogen-bond donors (Lipinski definition) is 3. The molecule has 12 nitrogen and oxygen atoms in total. The SMILES string of the molecule is COc1ccc(C[C@H](CC(=O)O[C@H]2CO[C@H]3OC[C@H](NCCC(F)(F)F)[C@H]32)[C@H](O)CN(CC(C)C)S(=O)(=O)c2ccc3nc(NC(C)C)sc3c2)cc1. The fraction of sp³-hybridized carbons (Fsp3) is 0.611. The van der Waals surface area contributed by atoms with E-state index in [1.165, 1.54) is 21.7 Å². The number of carbonyl (C=O) groups excluding carboxylic acids is 1. The number of sulfonamides is 1. The highest BCUT2D eigenvalue weighted by Gasteiger charge is 2.50. The highest BCUT2D eigenvalue weighted by atomic mass is 32.2. The number of aliphatic hydroxyl groups excluding tert-OH is 1. The Morgan fingerprint density at radius 2 is 1.81 bits per heavy atom. The van der Waals surface area contributed by atoms with Crippen molar-refractivity contribution < 1.29 is 50.4 Å². The molecule has 1 aromatic heterocycles. The number of esters is 1. The molecule has 0 bridgehead atoms. The minimum absolute atomic E-state index is 0.00373. The summed E-state index contributed by atoms with van der Waals surface area (Å²) in [5.74, 6) is -1.41. The van der Waals surface area contributed by atoms with Crippen molar-refractivity contribution in [1.82, 2.24) is 14.6 Å². The summed E-state index contributed by atoms with van der Waals surface area (Å²) < 4.78 is 91.0. The van der Waals surface area contributed by atoms with Gasteiger partial charge in [0.1, 0.15) is 11.9 Å². The Morgan fingerprint density at radius 1 is 1.09 bits per heavy atom. The van der Waals surface area contributed by atoms with Crippen molar-refractivity contribution >= 4 is 42.7 Å². The van der Waals surface area contributed by atoms with E-state index >= 15 is 0 Å². The molecule has 53 heavy (non-hydrogen) atoms. The largest absolute Gasteiger partial charge is 0.497 e. The number of benzene rings is 2. The number of aliphatic hydroxyl groups is 1. The summed E-state index contributed by atoms with van der Waals surface area (Å²) in [5.41, 5.74) is 1.45. The second kappa shape index (κ2) is 17.6. The smallest absolute Gasteiger partial charge is 0.390 e. The zero-order valence-electron chi connectivity index (χ0n) is 30.5. The lowest BCUT2D eigenvalue weighted by Crippen LogP contribution is -2.44. The zero-order valence-corrected chi connectivity index (χ0v) is 32.1. The Balaban J connectivity index is 1.33. The van der Waals surface area contributed by atoms with Gasteiger partial charge in [-0.3, -0.25) is 4.79 Å². The number of aromatic nitrogens is 1. The van der Waals surface area contributed by atoms with Crippen molar-refractivity contribution in [2.75, 3.05) is 45.3 Å². The van der Waals surface area contributed by atoms with Gasteiger partial charge >= 0.3 is 12.1 Å². The molecule has 2 aliphatic rings. The van der Waals surface area contributed by atoms with Crippen molar-refractivity contribution in [3.8, 4) is 5.75 Å². The predicted molar refractivity (Wildman–Crippen MR) is 194 cm³/mol. The van der Waals surface area contributed by atoms with Crippen LogP contribution in [0, 0.1) is 17.8 Å². The highest BCUT2D eigenvalue weighted by Crippen LogP contribution is 2.35. The molecule has 3 N–H and O–H groups in total. The molecule has 6 atom stereocenters. The number of halogens is 3. The molecule has 0 saturated carbocycles. The summed E-state index contributed by atoms with van der Waals surface area (Å²) in [7, 11) is -2.56. The summed E-state index contributed by atoms with van der Waals surface area (Å²) in [6.45, 7) is 7.36. The van der Waals surface area contributed by atoms with Crippen LogP contribution in [0.1, 0.15) is 46.1 Å². The van der Waals surface area contributed by atoms with Gasteiger partial charge in [0.25, 0.3) is 0 Å². The first-order valence-electron chi connectivity index (χ1n) is 17.7. The fourth-order valence-corrected chi connectivity index (χ4v) is 9.38. The second-order valence-electron chi connectivity index (χ2n) is 14.3. The number of alkyl halides is 3. The molecule has 0 aliphatic carbocycles. The van der Waals surface area contributed by atoms with Crippen LogP contribution in [-0.2, 0) is 35.4 Å². The van der Waals surface area contributed by atoms with Crippen molar-refractivity contribution in [1.29, 1.82) is 0 Å². The highest BCUT2D eigenvalue weighted by molar-refractivity contribution is 7.89. The third-order valence-electron chi connectivity index (χ3n) is 9.17. The summed E-state index contributed by atoms with van der Waals surface area (Å²) in [4.78, 5) is 18.2. The van der Waals surface area contributed by atoms with Gasteiger partial charge in [-0.2, -0.15) is 17.5 Å². The van der Waals surface area contributed by atoms with E-state index in [1.807, 2.05) is 39.8 Å². The lowest BCUT2D eigenvalue weighted by atomic mass is 9.90. The number of hydrogen-bond acceptors (Lipinski definition) is 12. The number of methoxy groups -OCH3 is 1. The number of anilines is 1. The molecule has 17 heteroatoms. The summed E-state index contributed by atoms with van der Waals surface area (Å²) >= 11 is 1.35. The van der Waals surface area contributed by atoms with E-state index in [0.29, 0.717) is 21.1 Å². The first-order valence-corrected chi connectivity index (χ1v) is 20.0. The normalized spacial score (nSPS) is 21.7. The van der Waals surface area contributed by atoms with Crippen molar-refractivity contribution in [3.05, 3.63) is 48.0 Å². The van der Waals surface area contributed by atoms with Gasteiger partial charge < -0.3 is 34.7 Å². The third kappa shape index (κ3) is 11.0. The van der Waals surface area contributed by atoms with Gasteiger partial charge in [-0.1, -0.05) is 37.3 Å². The van der Waals surface area contributed by atoms with Crippen LogP contribution in [0.3, 0.4) is 0 Å². The van der Waals surface area contributed by atoms with Gasteiger partial charge in [0.05, 0.1) is 60.3 Å². The molecule has 2 aliphatic heterocycles. The summed E-state index contributed by atoms with van der Waals surface area (Å²) in [6.07, 6.45) is -8.18. The lowest BCUT2D eigenvalue weighted by Gasteiger charge is -2.30. The molecular weight excluding hydrogens is 738 g/mol. The number of fused-ring (bicyclic) bond motifs is 2. The molecule has 294 valence electrons. The third-order valence-corrected chi connectivity index (χ3v) is 11.9. The van der Waals surface area contributed by atoms with Crippen LogP contribution in [0.4, 0.5) is 18.3 Å². The molecule has 2 saturated heterocycles. The van der Waals surface area contributed by atoms with Gasteiger partial charge in [0, 0.05) is 37.6 Å². The van der Waals surface area contributed by atoms with E-state index in [1.54, 1.807) is 31.4 Å². The van der Waals surface area contributed by atoms with E-state index in [0.717, 1.165) is 5.56 Å². The zero-order chi connectivity index (χ0) is 38.5. The van der Waals surface area contributed by atoms with Crippen LogP contribution >= 0.6 is 11.3 Å². The second-order valence-corrected chi connectivity index (χ2v) is 17.3. The molecule has 3 heterocycles. The van der Waals surface area contributed by atoms with Gasteiger partial charge in [-0.05, 0) is 62.1 Å². The fourth-order valence-electron chi connectivity index (χ4n) is 6.61. The van der Waals surface area contributed by atoms with Crippen molar-refractivity contribution in [3.63, 3.8) is 0 Å².